The van der Waals surface area contributed by atoms with E-state index in [9.17, 15) is 4.79 Å². The molecule has 3 N–H and O–H groups in total. The molecule has 162 valence electrons. The maximum atomic E-state index is 11.0. The Morgan fingerprint density at radius 2 is 1.75 bits per heavy atom. The molecule has 2 heterocycles. The Hall–Kier alpha value is -3.69. The van der Waals surface area contributed by atoms with Gasteiger partial charge in [-0.25, -0.2) is 15.0 Å². The van der Waals surface area contributed by atoms with Crippen molar-refractivity contribution in [1.29, 1.82) is 0 Å². The molecule has 0 amide bonds. The third-order valence-electron chi connectivity index (χ3n) is 3.67. The van der Waals surface area contributed by atoms with Crippen molar-refractivity contribution in [1.82, 2.24) is 19.9 Å². The van der Waals surface area contributed by atoms with Crippen molar-refractivity contribution < 1.29 is 9.53 Å². The molecule has 0 fully saturated rings. The van der Waals surface area contributed by atoms with Gasteiger partial charge in [0.05, 0.1) is 4.90 Å². The van der Waals surface area contributed by atoms with E-state index in [2.05, 4.69) is 25.3 Å². The van der Waals surface area contributed by atoms with Crippen LogP contribution in [-0.4, -0.2) is 25.9 Å². The number of halogens is 1. The summed E-state index contributed by atoms with van der Waals surface area (Å²) in [5.74, 6) is 0.860. The zero-order valence-corrected chi connectivity index (χ0v) is 18.5. The molecule has 0 unspecified atom stereocenters. The second-order valence-electron chi connectivity index (χ2n) is 6.14. The number of esters is 1. The van der Waals surface area contributed by atoms with Gasteiger partial charge >= 0.3 is 5.97 Å². The molecule has 8 nitrogen and oxygen atoms in total. The van der Waals surface area contributed by atoms with Crippen molar-refractivity contribution in [2.75, 3.05) is 11.1 Å². The van der Waals surface area contributed by atoms with Gasteiger partial charge in [-0.05, 0) is 54.6 Å². The summed E-state index contributed by atoms with van der Waals surface area (Å²) in [6.07, 6.45) is 6.54. The lowest BCUT2D eigenvalue weighted by atomic mass is 10.3. The Balaban J connectivity index is 0.000000416. The van der Waals surface area contributed by atoms with Crippen LogP contribution in [0.3, 0.4) is 0 Å². The standard InChI is InChI=1S/C18H15ClN4O2S.C4H4N2/c1-11(24)25-14-6-4-13(5-7-14)22-17-16(10-21-18(20)23-17)26-15-8-2-12(19)3-9-15;1-2-5-4-6-3-1/h2-10H,1H3,(H3,20,21,22,23);1-4H. The molecule has 2 aromatic heterocycles. The Bertz CT molecular complexity index is 1120. The van der Waals surface area contributed by atoms with Crippen LogP contribution in [0.2, 0.25) is 5.02 Å². The molecule has 0 spiro atoms. The van der Waals surface area contributed by atoms with Gasteiger partial charge in [0.2, 0.25) is 5.95 Å². The number of nitrogens with zero attached hydrogens (tertiary/aromatic N) is 4. The smallest absolute Gasteiger partial charge is 0.308 e. The van der Waals surface area contributed by atoms with Crippen LogP contribution in [-0.2, 0) is 4.79 Å². The number of nitrogen functional groups attached to an aromatic ring is 1. The van der Waals surface area contributed by atoms with Gasteiger partial charge in [-0.3, -0.25) is 4.79 Å². The van der Waals surface area contributed by atoms with E-state index < -0.39 is 0 Å². The molecule has 2 aromatic carbocycles. The molecule has 4 rings (SSSR count). The third kappa shape index (κ3) is 7.53. The molecule has 0 aliphatic carbocycles. The number of benzene rings is 2. The summed E-state index contributed by atoms with van der Waals surface area (Å²) in [7, 11) is 0. The van der Waals surface area contributed by atoms with Gasteiger partial charge in [0.25, 0.3) is 0 Å². The number of carbonyl (C=O) groups excluding carboxylic acids is 1. The van der Waals surface area contributed by atoms with Crippen LogP contribution < -0.4 is 15.8 Å². The van der Waals surface area contributed by atoms with Crippen LogP contribution in [0.1, 0.15) is 6.92 Å². The molecule has 0 atom stereocenters. The number of nitrogens with one attached hydrogen (secondary N) is 1. The summed E-state index contributed by atoms with van der Waals surface area (Å²) in [5, 5.41) is 3.88. The van der Waals surface area contributed by atoms with Crippen molar-refractivity contribution in [3.05, 3.63) is 84.5 Å². The molecular weight excluding hydrogens is 448 g/mol. The van der Waals surface area contributed by atoms with Gasteiger partial charge in [0.15, 0.2) is 0 Å². The SMILES string of the molecule is CC(=O)Oc1ccc(Nc2nc(N)ncc2Sc2ccc(Cl)cc2)cc1.c1cncnc1. The molecule has 0 saturated heterocycles. The zero-order chi connectivity index (χ0) is 22.8. The Morgan fingerprint density at radius 1 is 1.06 bits per heavy atom. The summed E-state index contributed by atoms with van der Waals surface area (Å²) in [6, 6.07) is 16.2. The second-order valence-corrected chi connectivity index (χ2v) is 7.70. The number of hydrogen-bond acceptors (Lipinski definition) is 9. The highest BCUT2D eigenvalue weighted by atomic mass is 35.5. The van der Waals surface area contributed by atoms with E-state index in [0.29, 0.717) is 16.6 Å². The van der Waals surface area contributed by atoms with Crippen LogP contribution >= 0.6 is 23.4 Å². The average Bonchev–Trinajstić information content (AvgIpc) is 2.80. The highest BCUT2D eigenvalue weighted by Gasteiger charge is 2.09. The van der Waals surface area contributed by atoms with Crippen LogP contribution in [0.4, 0.5) is 17.5 Å². The monoisotopic (exact) mass is 466 g/mol. The first-order chi connectivity index (χ1) is 15.5. The van der Waals surface area contributed by atoms with Crippen molar-refractivity contribution in [3.8, 4) is 5.75 Å². The van der Waals surface area contributed by atoms with Crippen LogP contribution in [0.5, 0.6) is 5.75 Å². The lowest BCUT2D eigenvalue weighted by molar-refractivity contribution is -0.131. The van der Waals surface area contributed by atoms with E-state index in [-0.39, 0.29) is 11.9 Å². The third-order valence-corrected chi connectivity index (χ3v) is 4.95. The summed E-state index contributed by atoms with van der Waals surface area (Å²) in [4.78, 5) is 28.5. The van der Waals surface area contributed by atoms with Gasteiger partial charge in [-0.2, -0.15) is 4.98 Å². The lowest BCUT2D eigenvalue weighted by Crippen LogP contribution is -2.03. The van der Waals surface area contributed by atoms with E-state index in [1.807, 2.05) is 24.3 Å². The largest absolute Gasteiger partial charge is 0.427 e. The second kappa shape index (κ2) is 11.6. The number of rotatable bonds is 5. The minimum absolute atomic E-state index is 0.171. The Kier molecular flexibility index (Phi) is 8.36. The summed E-state index contributed by atoms with van der Waals surface area (Å²) in [6.45, 7) is 1.36. The number of anilines is 3. The van der Waals surface area contributed by atoms with E-state index >= 15 is 0 Å². The number of nitrogens with two attached hydrogens (primary N) is 1. The number of hydrogen-bond donors (Lipinski definition) is 2. The molecule has 4 aromatic rings. The number of aromatic nitrogens is 4. The van der Waals surface area contributed by atoms with Crippen LogP contribution in [0.25, 0.3) is 0 Å². The maximum absolute atomic E-state index is 11.0. The number of carbonyl (C=O) groups is 1. The molecule has 0 aliphatic rings. The minimum Gasteiger partial charge on any atom is -0.427 e. The molecule has 32 heavy (non-hydrogen) atoms. The fourth-order valence-corrected chi connectivity index (χ4v) is 3.29. The van der Waals surface area contributed by atoms with Gasteiger partial charge in [-0.1, -0.05) is 23.4 Å². The topological polar surface area (TPSA) is 116 Å². The van der Waals surface area contributed by atoms with Crippen LogP contribution in [0.15, 0.2) is 89.3 Å². The molecule has 0 radical (unpaired) electrons. The molecule has 10 heteroatoms. The predicted molar refractivity (Wildman–Crippen MR) is 125 cm³/mol. The first-order valence-corrected chi connectivity index (χ1v) is 10.5. The van der Waals surface area contributed by atoms with Crippen molar-refractivity contribution >= 4 is 46.8 Å². The van der Waals surface area contributed by atoms with Gasteiger partial charge in [0.1, 0.15) is 17.9 Å². The summed E-state index contributed by atoms with van der Waals surface area (Å²) >= 11 is 7.42. The first kappa shape index (κ1) is 23.0. The fraction of sp³-hybridized carbons (Fsp3) is 0.0455. The Labute approximate surface area is 194 Å². The fourth-order valence-electron chi connectivity index (χ4n) is 2.34. The zero-order valence-electron chi connectivity index (χ0n) is 17.0. The Morgan fingerprint density at radius 3 is 2.31 bits per heavy atom. The highest BCUT2D eigenvalue weighted by Crippen LogP contribution is 2.34. The van der Waals surface area contributed by atoms with Crippen molar-refractivity contribution in [3.63, 3.8) is 0 Å². The van der Waals surface area contributed by atoms with E-state index in [1.165, 1.54) is 25.0 Å². The molecular formula is C22H19ClN6O2S. The van der Waals surface area contributed by atoms with Crippen LogP contribution in [0, 0.1) is 0 Å². The summed E-state index contributed by atoms with van der Waals surface area (Å²) in [5.41, 5.74) is 6.50. The lowest BCUT2D eigenvalue weighted by Gasteiger charge is -2.11. The molecule has 0 saturated carbocycles. The van der Waals surface area contributed by atoms with Crippen molar-refractivity contribution in [2.24, 2.45) is 0 Å². The van der Waals surface area contributed by atoms with E-state index in [1.54, 1.807) is 48.9 Å². The quantitative estimate of drug-likeness (QED) is 0.309. The maximum Gasteiger partial charge on any atom is 0.308 e. The molecule has 0 aliphatic heterocycles. The van der Waals surface area contributed by atoms with Gasteiger partial charge < -0.3 is 15.8 Å². The minimum atomic E-state index is -0.365. The molecule has 0 bridgehead atoms. The van der Waals surface area contributed by atoms with Gasteiger partial charge in [-0.15, -0.1) is 0 Å². The average molecular weight is 467 g/mol. The summed E-state index contributed by atoms with van der Waals surface area (Å²) < 4.78 is 5.02. The predicted octanol–water partition coefficient (Wildman–Crippen LogP) is 5.01. The first-order valence-electron chi connectivity index (χ1n) is 9.31. The normalized spacial score (nSPS) is 9.94. The van der Waals surface area contributed by atoms with Gasteiger partial charge in [0, 0.05) is 41.1 Å². The highest BCUT2D eigenvalue weighted by molar-refractivity contribution is 7.99. The number of ether oxygens (including phenoxy) is 1. The van der Waals surface area contributed by atoms with E-state index in [4.69, 9.17) is 22.1 Å². The van der Waals surface area contributed by atoms with Crippen molar-refractivity contribution in [2.45, 2.75) is 16.7 Å². The van der Waals surface area contributed by atoms with E-state index in [0.717, 1.165) is 15.5 Å².